The summed E-state index contributed by atoms with van der Waals surface area (Å²) in [5.41, 5.74) is 0.0223. The van der Waals surface area contributed by atoms with E-state index < -0.39 is 4.92 Å². The summed E-state index contributed by atoms with van der Waals surface area (Å²) >= 11 is 3.14. The predicted molar refractivity (Wildman–Crippen MR) is 75.7 cm³/mol. The highest BCUT2D eigenvalue weighted by Gasteiger charge is 2.19. The van der Waals surface area contributed by atoms with Gasteiger partial charge in [-0.15, -0.1) is 0 Å². The Bertz CT molecular complexity index is 495. The zero-order chi connectivity index (χ0) is 15.1. The van der Waals surface area contributed by atoms with Crippen LogP contribution in [-0.4, -0.2) is 54.3 Å². The third-order valence-electron chi connectivity index (χ3n) is 2.56. The molecule has 0 aliphatic rings. The molecule has 7 nitrogen and oxygen atoms in total. The van der Waals surface area contributed by atoms with Crippen molar-refractivity contribution in [3.8, 4) is 0 Å². The molecule has 0 fully saturated rings. The van der Waals surface area contributed by atoms with Crippen molar-refractivity contribution in [3.63, 3.8) is 0 Å². The molecule has 1 aromatic rings. The summed E-state index contributed by atoms with van der Waals surface area (Å²) in [6.07, 6.45) is 0. The molecule has 1 aromatic carbocycles. The first-order chi connectivity index (χ1) is 9.49. The largest absolute Gasteiger partial charge is 0.395 e. The van der Waals surface area contributed by atoms with Gasteiger partial charge in [0, 0.05) is 42.4 Å². The van der Waals surface area contributed by atoms with Gasteiger partial charge in [-0.25, -0.2) is 0 Å². The van der Waals surface area contributed by atoms with E-state index in [4.69, 9.17) is 9.84 Å². The summed E-state index contributed by atoms with van der Waals surface area (Å²) in [6, 6.07) is 4.04. The van der Waals surface area contributed by atoms with Gasteiger partial charge in [0.1, 0.15) is 0 Å². The monoisotopic (exact) mass is 346 g/mol. The van der Waals surface area contributed by atoms with E-state index >= 15 is 0 Å². The van der Waals surface area contributed by atoms with E-state index in [0.717, 1.165) is 0 Å². The van der Waals surface area contributed by atoms with Crippen molar-refractivity contribution >= 4 is 27.5 Å². The summed E-state index contributed by atoms with van der Waals surface area (Å²) in [5, 5.41) is 19.8. The highest BCUT2D eigenvalue weighted by Crippen LogP contribution is 2.22. The Hall–Kier alpha value is -1.51. The molecule has 0 spiro atoms. The van der Waals surface area contributed by atoms with E-state index in [2.05, 4.69) is 15.9 Å². The van der Waals surface area contributed by atoms with E-state index in [1.165, 1.54) is 30.2 Å². The number of non-ortho nitro benzene ring substituents is 1. The number of carbonyl (C=O) groups excluding carboxylic acids is 1. The Morgan fingerprint density at radius 2 is 2.15 bits per heavy atom. The molecular formula is C12H15BrN2O5. The van der Waals surface area contributed by atoms with Gasteiger partial charge in [-0.2, -0.15) is 0 Å². The van der Waals surface area contributed by atoms with Crippen molar-refractivity contribution in [2.45, 2.75) is 0 Å². The van der Waals surface area contributed by atoms with Gasteiger partial charge in [0.05, 0.1) is 18.1 Å². The van der Waals surface area contributed by atoms with Crippen LogP contribution < -0.4 is 0 Å². The Labute approximate surface area is 124 Å². The Morgan fingerprint density at radius 1 is 1.45 bits per heavy atom. The van der Waals surface area contributed by atoms with Crippen molar-refractivity contribution in [2.24, 2.45) is 0 Å². The minimum atomic E-state index is -0.562. The highest BCUT2D eigenvalue weighted by molar-refractivity contribution is 9.10. The summed E-state index contributed by atoms with van der Waals surface area (Å²) in [4.78, 5) is 23.9. The number of ether oxygens (including phenoxy) is 1. The molecule has 20 heavy (non-hydrogen) atoms. The van der Waals surface area contributed by atoms with Crippen LogP contribution in [0.15, 0.2) is 22.7 Å². The van der Waals surface area contributed by atoms with E-state index in [1.54, 1.807) is 0 Å². The van der Waals surface area contributed by atoms with Crippen LogP contribution in [0, 0.1) is 10.1 Å². The molecule has 0 radical (unpaired) electrons. The maximum absolute atomic E-state index is 12.3. The van der Waals surface area contributed by atoms with Crippen LogP contribution in [0.25, 0.3) is 0 Å². The molecule has 0 saturated carbocycles. The summed E-state index contributed by atoms with van der Waals surface area (Å²) < 4.78 is 5.35. The minimum Gasteiger partial charge on any atom is -0.395 e. The molecule has 0 atom stereocenters. The molecule has 1 amide bonds. The first-order valence-corrected chi connectivity index (χ1v) is 6.63. The number of halogens is 1. The molecule has 1 N–H and O–H groups in total. The van der Waals surface area contributed by atoms with Gasteiger partial charge < -0.3 is 14.7 Å². The van der Waals surface area contributed by atoms with Crippen LogP contribution in [0.1, 0.15) is 10.4 Å². The third kappa shape index (κ3) is 4.55. The van der Waals surface area contributed by atoms with Gasteiger partial charge in [-0.1, -0.05) is 15.9 Å². The topological polar surface area (TPSA) is 92.9 Å². The van der Waals surface area contributed by atoms with Crippen LogP contribution in [0.4, 0.5) is 5.69 Å². The van der Waals surface area contributed by atoms with Crippen molar-refractivity contribution in [3.05, 3.63) is 38.3 Å². The van der Waals surface area contributed by atoms with Crippen molar-refractivity contribution in [2.75, 3.05) is 33.4 Å². The molecule has 0 bridgehead atoms. The van der Waals surface area contributed by atoms with Gasteiger partial charge in [0.2, 0.25) is 0 Å². The second-order valence-corrected chi connectivity index (χ2v) is 4.88. The smallest absolute Gasteiger partial charge is 0.271 e. The standard InChI is InChI=1S/C12H15BrN2O5/c1-20-5-3-14(2-4-16)12(17)9-6-10(13)8-11(7-9)15(18)19/h6-8,16H,2-5H2,1H3. The normalized spacial score (nSPS) is 10.3. The van der Waals surface area contributed by atoms with Gasteiger partial charge in [-0.3, -0.25) is 14.9 Å². The molecule has 0 aliphatic carbocycles. The van der Waals surface area contributed by atoms with Crippen LogP contribution in [0.5, 0.6) is 0 Å². The molecule has 0 heterocycles. The number of benzene rings is 1. The summed E-state index contributed by atoms with van der Waals surface area (Å²) in [5.74, 6) is -0.388. The molecule has 0 saturated heterocycles. The van der Waals surface area contributed by atoms with E-state index in [1.807, 2.05) is 0 Å². The number of nitro groups is 1. The zero-order valence-corrected chi connectivity index (χ0v) is 12.5. The second-order valence-electron chi connectivity index (χ2n) is 3.96. The van der Waals surface area contributed by atoms with E-state index in [-0.39, 0.29) is 30.3 Å². The number of methoxy groups -OCH3 is 1. The van der Waals surface area contributed by atoms with E-state index in [9.17, 15) is 14.9 Å². The van der Waals surface area contributed by atoms with E-state index in [0.29, 0.717) is 17.6 Å². The minimum absolute atomic E-state index is 0.141. The predicted octanol–water partition coefficient (Wildman–Crippen LogP) is 1.44. The SMILES string of the molecule is COCCN(CCO)C(=O)c1cc(Br)cc([N+](=O)[O-])c1. The fourth-order valence-electron chi connectivity index (χ4n) is 1.62. The average Bonchev–Trinajstić information content (AvgIpc) is 2.42. The first-order valence-electron chi connectivity index (χ1n) is 5.83. The van der Waals surface area contributed by atoms with Crippen molar-refractivity contribution in [1.82, 2.24) is 4.90 Å². The molecule has 0 aliphatic heterocycles. The Balaban J connectivity index is 3.01. The van der Waals surface area contributed by atoms with Crippen LogP contribution in [0.3, 0.4) is 0 Å². The average molecular weight is 347 g/mol. The number of carbonyl (C=O) groups is 1. The summed E-state index contributed by atoms with van der Waals surface area (Å²) in [6.45, 7) is 0.575. The van der Waals surface area contributed by atoms with Crippen LogP contribution >= 0.6 is 15.9 Å². The number of hydrogen-bond donors (Lipinski definition) is 1. The van der Waals surface area contributed by atoms with Crippen molar-refractivity contribution < 1.29 is 19.6 Å². The number of nitro benzene ring substituents is 1. The highest BCUT2D eigenvalue weighted by atomic mass is 79.9. The molecular weight excluding hydrogens is 332 g/mol. The lowest BCUT2D eigenvalue weighted by Crippen LogP contribution is -2.36. The number of rotatable bonds is 7. The first kappa shape index (κ1) is 16.5. The molecule has 1 rings (SSSR count). The number of aliphatic hydroxyl groups is 1. The third-order valence-corrected chi connectivity index (χ3v) is 3.02. The Kier molecular flexibility index (Phi) is 6.56. The maximum atomic E-state index is 12.3. The maximum Gasteiger partial charge on any atom is 0.271 e. The molecule has 110 valence electrons. The Morgan fingerprint density at radius 3 is 2.70 bits per heavy atom. The summed E-state index contributed by atoms with van der Waals surface area (Å²) in [7, 11) is 1.51. The van der Waals surface area contributed by atoms with Crippen LogP contribution in [-0.2, 0) is 4.74 Å². The van der Waals surface area contributed by atoms with Gasteiger partial charge in [0.15, 0.2) is 0 Å². The quantitative estimate of drug-likeness (QED) is 0.595. The second kappa shape index (κ2) is 7.93. The van der Waals surface area contributed by atoms with Crippen molar-refractivity contribution in [1.29, 1.82) is 0 Å². The lowest BCUT2D eigenvalue weighted by atomic mass is 10.1. The number of aliphatic hydroxyl groups excluding tert-OH is 1. The number of nitrogens with zero attached hydrogens (tertiary/aromatic N) is 2. The van der Waals surface area contributed by atoms with Gasteiger partial charge in [0.25, 0.3) is 11.6 Å². The number of hydrogen-bond acceptors (Lipinski definition) is 5. The molecule has 0 unspecified atom stereocenters. The molecule has 8 heteroatoms. The fourth-order valence-corrected chi connectivity index (χ4v) is 2.10. The lowest BCUT2D eigenvalue weighted by Gasteiger charge is -2.21. The van der Waals surface area contributed by atoms with Gasteiger partial charge >= 0.3 is 0 Å². The van der Waals surface area contributed by atoms with Crippen LogP contribution in [0.2, 0.25) is 0 Å². The zero-order valence-electron chi connectivity index (χ0n) is 10.9. The number of amides is 1. The van der Waals surface area contributed by atoms with Gasteiger partial charge in [-0.05, 0) is 6.07 Å². The lowest BCUT2D eigenvalue weighted by molar-refractivity contribution is -0.385. The molecule has 0 aromatic heterocycles. The fraction of sp³-hybridized carbons (Fsp3) is 0.417.